The summed E-state index contributed by atoms with van der Waals surface area (Å²) in [6.07, 6.45) is 18.8. The fourth-order valence-corrected chi connectivity index (χ4v) is 8.53. The standard InChI is InChI=1S/C18H39Cl2P/c1-4-7-10-13-16-21(19,20,17-14-11-8-5-2)18-15-12-9-6-3/h4-18H2,1-3H3. The first-order valence-electron chi connectivity index (χ1n) is 9.41. The molecule has 0 aliphatic rings. The fraction of sp³-hybridized carbons (Fsp3) is 1.00. The summed E-state index contributed by atoms with van der Waals surface area (Å²) in [5, 5.41) is -2.43. The van der Waals surface area contributed by atoms with Gasteiger partial charge < -0.3 is 0 Å². The average Bonchev–Trinajstić information content (AvgIpc) is 2.45. The molecular weight excluding hydrogens is 318 g/mol. The molecule has 21 heavy (non-hydrogen) atoms. The zero-order chi connectivity index (χ0) is 16.1. The van der Waals surface area contributed by atoms with E-state index in [1.807, 2.05) is 0 Å². The van der Waals surface area contributed by atoms with Gasteiger partial charge in [0.25, 0.3) is 0 Å². The van der Waals surface area contributed by atoms with E-state index >= 15 is 0 Å². The summed E-state index contributed by atoms with van der Waals surface area (Å²) in [5.41, 5.74) is 0. The molecule has 0 amide bonds. The van der Waals surface area contributed by atoms with E-state index in [-0.39, 0.29) is 0 Å². The van der Waals surface area contributed by atoms with E-state index in [4.69, 9.17) is 22.5 Å². The van der Waals surface area contributed by atoms with Gasteiger partial charge in [-0.25, -0.2) is 0 Å². The van der Waals surface area contributed by atoms with Crippen LogP contribution in [0.3, 0.4) is 0 Å². The molecule has 0 spiro atoms. The van der Waals surface area contributed by atoms with Crippen molar-refractivity contribution in [3.8, 4) is 0 Å². The molecular formula is C18H39Cl2P. The van der Waals surface area contributed by atoms with E-state index in [0.29, 0.717) is 0 Å². The van der Waals surface area contributed by atoms with Crippen molar-refractivity contribution in [3.05, 3.63) is 0 Å². The van der Waals surface area contributed by atoms with Gasteiger partial charge in [-0.2, -0.15) is 0 Å². The Morgan fingerprint density at radius 2 is 0.762 bits per heavy atom. The molecule has 0 unspecified atom stereocenters. The number of unbranched alkanes of at least 4 members (excludes halogenated alkanes) is 9. The van der Waals surface area contributed by atoms with Crippen LogP contribution in [0.25, 0.3) is 0 Å². The molecule has 0 bridgehead atoms. The number of rotatable bonds is 15. The molecule has 0 aliphatic carbocycles. The number of hydrogen-bond acceptors (Lipinski definition) is 0. The molecule has 0 nitrogen and oxygen atoms in total. The molecule has 0 heterocycles. The minimum atomic E-state index is -2.43. The molecule has 0 aromatic carbocycles. The van der Waals surface area contributed by atoms with Crippen molar-refractivity contribution in [1.82, 2.24) is 0 Å². The third-order valence-corrected chi connectivity index (χ3v) is 11.4. The first-order valence-corrected chi connectivity index (χ1v) is 14.0. The maximum absolute atomic E-state index is 7.13. The molecule has 0 saturated carbocycles. The molecule has 0 N–H and O–H groups in total. The second-order valence-corrected chi connectivity index (χ2v) is 16.9. The van der Waals surface area contributed by atoms with E-state index in [0.717, 1.165) is 18.5 Å². The SMILES string of the molecule is CCCCCCP(Cl)(Cl)(CCCCCC)CCCCCC. The second kappa shape index (κ2) is 12.4. The second-order valence-electron chi connectivity index (χ2n) is 6.80. The topological polar surface area (TPSA) is 0 Å². The normalized spacial score (nSPS) is 14.0. The quantitative estimate of drug-likeness (QED) is 0.203. The van der Waals surface area contributed by atoms with Gasteiger partial charge in [-0.1, -0.05) is 0 Å². The van der Waals surface area contributed by atoms with Gasteiger partial charge in [-0.05, 0) is 0 Å². The van der Waals surface area contributed by atoms with E-state index in [1.54, 1.807) is 0 Å². The van der Waals surface area contributed by atoms with Crippen LogP contribution in [0.5, 0.6) is 0 Å². The zero-order valence-corrected chi connectivity index (χ0v) is 17.2. The minimum absolute atomic E-state index is 1.10. The van der Waals surface area contributed by atoms with Crippen LogP contribution in [-0.2, 0) is 0 Å². The van der Waals surface area contributed by atoms with Gasteiger partial charge in [0.2, 0.25) is 0 Å². The first-order chi connectivity index (χ1) is 9.96. The molecule has 0 saturated heterocycles. The Kier molecular flexibility index (Phi) is 13.0. The Labute approximate surface area is 144 Å². The van der Waals surface area contributed by atoms with Gasteiger partial charge in [0.05, 0.1) is 0 Å². The predicted octanol–water partition coefficient (Wildman–Crippen LogP) is 8.59. The Bertz CT molecular complexity index is 203. The van der Waals surface area contributed by atoms with Crippen molar-refractivity contribution in [2.24, 2.45) is 0 Å². The van der Waals surface area contributed by atoms with Crippen LogP contribution < -0.4 is 0 Å². The van der Waals surface area contributed by atoms with E-state index in [1.165, 1.54) is 77.0 Å². The van der Waals surface area contributed by atoms with E-state index in [2.05, 4.69) is 20.8 Å². The average molecular weight is 357 g/mol. The summed E-state index contributed by atoms with van der Waals surface area (Å²) in [6.45, 7) is 6.78. The summed E-state index contributed by atoms with van der Waals surface area (Å²) >= 11 is 14.3. The van der Waals surface area contributed by atoms with Crippen molar-refractivity contribution >= 4 is 27.8 Å². The van der Waals surface area contributed by atoms with Crippen LogP contribution in [0.1, 0.15) is 97.8 Å². The molecule has 0 atom stereocenters. The van der Waals surface area contributed by atoms with Crippen LogP contribution in [0.2, 0.25) is 0 Å². The molecule has 0 rings (SSSR count). The first kappa shape index (κ1) is 22.0. The van der Waals surface area contributed by atoms with Gasteiger partial charge >= 0.3 is 144 Å². The molecule has 0 aromatic rings. The van der Waals surface area contributed by atoms with Crippen LogP contribution in [0.4, 0.5) is 0 Å². The van der Waals surface area contributed by atoms with Crippen molar-refractivity contribution in [2.45, 2.75) is 97.8 Å². The molecule has 0 aliphatic heterocycles. The molecule has 0 radical (unpaired) electrons. The third-order valence-electron chi connectivity index (χ3n) is 4.49. The van der Waals surface area contributed by atoms with E-state index < -0.39 is 5.31 Å². The Morgan fingerprint density at radius 3 is 1.00 bits per heavy atom. The maximum atomic E-state index is 7.13. The zero-order valence-electron chi connectivity index (χ0n) is 14.8. The van der Waals surface area contributed by atoms with Gasteiger partial charge in [0.15, 0.2) is 0 Å². The van der Waals surface area contributed by atoms with Crippen molar-refractivity contribution in [2.75, 3.05) is 18.5 Å². The predicted molar refractivity (Wildman–Crippen MR) is 106 cm³/mol. The summed E-state index contributed by atoms with van der Waals surface area (Å²) < 4.78 is 0. The van der Waals surface area contributed by atoms with Crippen molar-refractivity contribution in [3.63, 3.8) is 0 Å². The van der Waals surface area contributed by atoms with Crippen LogP contribution >= 0.6 is 27.8 Å². The van der Waals surface area contributed by atoms with Gasteiger partial charge in [0.1, 0.15) is 0 Å². The van der Waals surface area contributed by atoms with Crippen LogP contribution in [-0.4, -0.2) is 18.5 Å². The summed E-state index contributed by atoms with van der Waals surface area (Å²) in [5.74, 6) is 0. The van der Waals surface area contributed by atoms with Gasteiger partial charge in [0, 0.05) is 0 Å². The van der Waals surface area contributed by atoms with Gasteiger partial charge in [-0.3, -0.25) is 0 Å². The molecule has 3 heteroatoms. The van der Waals surface area contributed by atoms with Crippen molar-refractivity contribution < 1.29 is 0 Å². The Hall–Kier alpha value is 1.01. The Balaban J connectivity index is 4.32. The number of hydrogen-bond donors (Lipinski definition) is 0. The molecule has 0 aromatic heterocycles. The summed E-state index contributed by atoms with van der Waals surface area (Å²) in [4.78, 5) is 0. The fourth-order valence-electron chi connectivity index (χ4n) is 2.98. The molecule has 0 fully saturated rings. The monoisotopic (exact) mass is 356 g/mol. The van der Waals surface area contributed by atoms with E-state index in [9.17, 15) is 0 Å². The van der Waals surface area contributed by atoms with Crippen LogP contribution in [0.15, 0.2) is 0 Å². The Morgan fingerprint density at radius 1 is 0.476 bits per heavy atom. The summed E-state index contributed by atoms with van der Waals surface area (Å²) in [6, 6.07) is 0. The number of halogens is 2. The third kappa shape index (κ3) is 12.1. The summed E-state index contributed by atoms with van der Waals surface area (Å²) in [7, 11) is 0. The molecule has 130 valence electrons. The van der Waals surface area contributed by atoms with Gasteiger partial charge in [-0.15, -0.1) is 0 Å². The van der Waals surface area contributed by atoms with Crippen molar-refractivity contribution in [1.29, 1.82) is 0 Å². The van der Waals surface area contributed by atoms with Crippen LogP contribution in [0, 0.1) is 0 Å².